The number of rotatable bonds is 2. The third kappa shape index (κ3) is 2.33. The summed E-state index contributed by atoms with van der Waals surface area (Å²) in [6.07, 6.45) is 3.47. The van der Waals surface area contributed by atoms with Crippen molar-refractivity contribution in [2.75, 3.05) is 0 Å². The van der Waals surface area contributed by atoms with Crippen molar-refractivity contribution in [3.8, 4) is 11.3 Å². The van der Waals surface area contributed by atoms with Gasteiger partial charge in [0.2, 0.25) is 0 Å². The maximum Gasteiger partial charge on any atom is 0.159 e. The molecular formula is C20H13FN2O. The van der Waals surface area contributed by atoms with Gasteiger partial charge in [-0.25, -0.2) is 9.37 Å². The van der Waals surface area contributed by atoms with Gasteiger partial charge in [0.25, 0.3) is 0 Å². The number of hydrogen-bond donors (Lipinski definition) is 0. The molecule has 2 aromatic heterocycles. The third-order valence-corrected chi connectivity index (χ3v) is 4.10. The Morgan fingerprint density at radius 1 is 1.00 bits per heavy atom. The van der Waals surface area contributed by atoms with E-state index < -0.39 is 0 Å². The van der Waals surface area contributed by atoms with Crippen LogP contribution in [0.1, 0.15) is 17.3 Å². The van der Waals surface area contributed by atoms with Gasteiger partial charge in [0.1, 0.15) is 5.82 Å². The first-order chi connectivity index (χ1) is 11.6. The quantitative estimate of drug-likeness (QED) is 0.394. The second kappa shape index (κ2) is 5.49. The monoisotopic (exact) mass is 316 g/mol. The molecule has 0 amide bonds. The number of pyridine rings is 2. The first-order valence-electron chi connectivity index (χ1n) is 7.58. The van der Waals surface area contributed by atoms with Gasteiger partial charge in [0.15, 0.2) is 5.78 Å². The predicted octanol–water partition coefficient (Wildman–Crippen LogP) is 4.79. The van der Waals surface area contributed by atoms with Gasteiger partial charge in [-0.05, 0) is 31.2 Å². The number of carbonyl (C=O) groups excluding carboxylic acids is 1. The number of halogens is 1. The molecule has 3 nitrogen and oxygen atoms in total. The highest BCUT2D eigenvalue weighted by molar-refractivity contribution is 6.11. The molecule has 0 fully saturated rings. The second-order valence-corrected chi connectivity index (χ2v) is 5.68. The van der Waals surface area contributed by atoms with Crippen LogP contribution in [0.4, 0.5) is 4.39 Å². The minimum Gasteiger partial charge on any atom is -0.295 e. The highest BCUT2D eigenvalue weighted by atomic mass is 19.1. The van der Waals surface area contributed by atoms with Crippen molar-refractivity contribution in [2.24, 2.45) is 0 Å². The number of aromatic nitrogens is 2. The molecule has 0 saturated heterocycles. The summed E-state index contributed by atoms with van der Waals surface area (Å²) in [5.74, 6) is -0.327. The van der Waals surface area contributed by atoms with Crippen LogP contribution < -0.4 is 0 Å². The number of ketones is 1. The van der Waals surface area contributed by atoms with Crippen LogP contribution in [0, 0.1) is 5.82 Å². The fraction of sp³-hybridized carbons (Fsp3) is 0.0500. The number of benzene rings is 2. The molecule has 2 aromatic carbocycles. The fourth-order valence-electron chi connectivity index (χ4n) is 2.92. The van der Waals surface area contributed by atoms with Crippen molar-refractivity contribution in [3.63, 3.8) is 0 Å². The predicted molar refractivity (Wildman–Crippen MR) is 92.4 cm³/mol. The summed E-state index contributed by atoms with van der Waals surface area (Å²) in [6, 6.07) is 13.7. The van der Waals surface area contributed by atoms with Crippen molar-refractivity contribution < 1.29 is 9.18 Å². The zero-order valence-corrected chi connectivity index (χ0v) is 13.0. The Morgan fingerprint density at radius 2 is 1.88 bits per heavy atom. The lowest BCUT2D eigenvalue weighted by atomic mass is 10.00. The van der Waals surface area contributed by atoms with E-state index in [-0.39, 0.29) is 11.6 Å². The molecule has 24 heavy (non-hydrogen) atoms. The lowest BCUT2D eigenvalue weighted by Gasteiger charge is -2.10. The number of fused-ring (bicyclic) bond motifs is 3. The van der Waals surface area contributed by atoms with Gasteiger partial charge in [0, 0.05) is 39.7 Å². The first kappa shape index (κ1) is 14.5. The van der Waals surface area contributed by atoms with Gasteiger partial charge >= 0.3 is 0 Å². The minimum absolute atomic E-state index is 0.0164. The van der Waals surface area contributed by atoms with Crippen LogP contribution in [0.5, 0.6) is 0 Å². The smallest absolute Gasteiger partial charge is 0.159 e. The summed E-state index contributed by atoms with van der Waals surface area (Å²) >= 11 is 0. The van der Waals surface area contributed by atoms with Crippen LogP contribution in [-0.4, -0.2) is 15.8 Å². The highest BCUT2D eigenvalue weighted by Gasteiger charge is 2.12. The van der Waals surface area contributed by atoms with Crippen LogP contribution in [0.25, 0.3) is 32.9 Å². The standard InChI is InChI=1S/C20H13FN2O/c1-12(24)13-5-6-16-18-11-22-8-7-17(18)20(23-19(16)10-13)14-3-2-4-15(21)9-14/h2-11H,1H3. The molecule has 0 bridgehead atoms. The van der Waals surface area contributed by atoms with Crippen molar-refractivity contribution in [2.45, 2.75) is 6.92 Å². The summed E-state index contributed by atoms with van der Waals surface area (Å²) in [4.78, 5) is 20.6. The summed E-state index contributed by atoms with van der Waals surface area (Å²) in [6.45, 7) is 1.53. The molecule has 2 heterocycles. The average Bonchev–Trinajstić information content (AvgIpc) is 2.60. The van der Waals surface area contributed by atoms with Crippen LogP contribution in [-0.2, 0) is 0 Å². The molecule has 116 valence electrons. The van der Waals surface area contributed by atoms with E-state index in [1.165, 1.54) is 19.1 Å². The molecule has 0 aliphatic carbocycles. The number of Topliss-reactive ketones (excluding diaryl/α,β-unsaturated/α-hetero) is 1. The normalized spacial score (nSPS) is 11.1. The van der Waals surface area contributed by atoms with Crippen LogP contribution >= 0.6 is 0 Å². The molecule has 0 radical (unpaired) electrons. The third-order valence-electron chi connectivity index (χ3n) is 4.10. The van der Waals surface area contributed by atoms with Gasteiger partial charge in [-0.3, -0.25) is 9.78 Å². The Balaban J connectivity index is 2.12. The van der Waals surface area contributed by atoms with E-state index in [2.05, 4.69) is 4.98 Å². The van der Waals surface area contributed by atoms with Crippen LogP contribution in [0.2, 0.25) is 0 Å². The summed E-state index contributed by atoms with van der Waals surface area (Å²) < 4.78 is 13.7. The lowest BCUT2D eigenvalue weighted by molar-refractivity contribution is 0.101. The Bertz CT molecular complexity index is 1110. The molecule has 0 N–H and O–H groups in total. The van der Waals surface area contributed by atoms with Gasteiger partial charge in [-0.15, -0.1) is 0 Å². The molecule has 4 heteroatoms. The molecule has 4 rings (SSSR count). The van der Waals surface area contributed by atoms with E-state index in [1.807, 2.05) is 18.2 Å². The van der Waals surface area contributed by atoms with Crippen molar-refractivity contribution >= 4 is 27.5 Å². The maximum atomic E-state index is 13.7. The highest BCUT2D eigenvalue weighted by Crippen LogP contribution is 2.32. The summed E-state index contributed by atoms with van der Waals surface area (Å²) in [5.41, 5.74) is 2.67. The Morgan fingerprint density at radius 3 is 2.67 bits per heavy atom. The average molecular weight is 316 g/mol. The van der Waals surface area contributed by atoms with Gasteiger partial charge < -0.3 is 0 Å². The first-order valence-corrected chi connectivity index (χ1v) is 7.58. The Labute approximate surface area is 137 Å². The van der Waals surface area contributed by atoms with Crippen molar-refractivity contribution in [3.05, 3.63) is 72.3 Å². The largest absolute Gasteiger partial charge is 0.295 e. The van der Waals surface area contributed by atoms with Gasteiger partial charge in [0.05, 0.1) is 11.2 Å². The molecule has 0 aliphatic rings. The van der Waals surface area contributed by atoms with Gasteiger partial charge in [-0.2, -0.15) is 0 Å². The SMILES string of the molecule is CC(=O)c1ccc2c(c1)nc(-c1cccc(F)c1)c1ccncc12. The number of carbonyl (C=O) groups is 1. The molecule has 0 aliphatic heterocycles. The van der Waals surface area contributed by atoms with Crippen molar-refractivity contribution in [1.82, 2.24) is 9.97 Å². The van der Waals surface area contributed by atoms with E-state index in [0.29, 0.717) is 22.3 Å². The zero-order chi connectivity index (χ0) is 16.7. The zero-order valence-electron chi connectivity index (χ0n) is 13.0. The molecule has 0 atom stereocenters. The Hall–Kier alpha value is -3.14. The van der Waals surface area contributed by atoms with Crippen LogP contribution in [0.15, 0.2) is 60.9 Å². The van der Waals surface area contributed by atoms with E-state index in [9.17, 15) is 9.18 Å². The molecule has 0 saturated carbocycles. The van der Waals surface area contributed by atoms with E-state index >= 15 is 0 Å². The van der Waals surface area contributed by atoms with E-state index in [4.69, 9.17) is 4.98 Å². The van der Waals surface area contributed by atoms with E-state index in [0.717, 1.165) is 16.2 Å². The van der Waals surface area contributed by atoms with Crippen molar-refractivity contribution in [1.29, 1.82) is 0 Å². The molecule has 0 spiro atoms. The van der Waals surface area contributed by atoms with Crippen LogP contribution in [0.3, 0.4) is 0 Å². The topological polar surface area (TPSA) is 42.9 Å². The second-order valence-electron chi connectivity index (χ2n) is 5.68. The minimum atomic E-state index is -0.311. The number of hydrogen-bond acceptors (Lipinski definition) is 3. The maximum absolute atomic E-state index is 13.7. The molecule has 0 unspecified atom stereocenters. The van der Waals surface area contributed by atoms with E-state index in [1.54, 1.807) is 30.6 Å². The summed E-state index contributed by atoms with van der Waals surface area (Å²) in [5, 5.41) is 2.75. The summed E-state index contributed by atoms with van der Waals surface area (Å²) in [7, 11) is 0. The number of nitrogens with zero attached hydrogens (tertiary/aromatic N) is 2. The Kier molecular flexibility index (Phi) is 3.31. The van der Waals surface area contributed by atoms with Gasteiger partial charge in [-0.1, -0.05) is 24.3 Å². The lowest BCUT2D eigenvalue weighted by Crippen LogP contribution is -1.95. The molecular weight excluding hydrogens is 303 g/mol. The fourth-order valence-corrected chi connectivity index (χ4v) is 2.92. The molecule has 4 aromatic rings.